The van der Waals surface area contributed by atoms with Crippen LogP contribution in [0.3, 0.4) is 0 Å². The summed E-state index contributed by atoms with van der Waals surface area (Å²) in [6, 6.07) is 20.3. The molecular weight excluding hydrogens is 319 g/mol. The molecule has 0 saturated heterocycles. The third kappa shape index (κ3) is 4.22. The molecule has 0 nitrogen and oxygen atoms in total. The number of hydrogen-bond donors (Lipinski definition) is 0. The first-order valence-corrected chi connectivity index (χ1v) is 9.60. The fraction of sp³-hybridized carbons (Fsp3) is 0.280. The Balaban J connectivity index is 1.99. The molecule has 0 radical (unpaired) electrons. The maximum Gasteiger partial charge on any atom is 0.131 e. The van der Waals surface area contributed by atoms with Gasteiger partial charge in [0.05, 0.1) is 0 Å². The summed E-state index contributed by atoms with van der Waals surface area (Å²) in [6.45, 7) is 6.44. The van der Waals surface area contributed by atoms with E-state index in [0.717, 1.165) is 42.4 Å². The first-order chi connectivity index (χ1) is 12.6. The summed E-state index contributed by atoms with van der Waals surface area (Å²) in [5.74, 6) is -0.163. The highest BCUT2D eigenvalue weighted by Gasteiger charge is 2.09. The minimum Gasteiger partial charge on any atom is -0.206 e. The minimum absolute atomic E-state index is 0.163. The molecule has 0 fully saturated rings. The van der Waals surface area contributed by atoms with Gasteiger partial charge in [0.15, 0.2) is 0 Å². The van der Waals surface area contributed by atoms with Crippen molar-refractivity contribution in [1.29, 1.82) is 0 Å². The summed E-state index contributed by atoms with van der Waals surface area (Å²) >= 11 is 0. The molecule has 0 aliphatic rings. The van der Waals surface area contributed by atoms with Gasteiger partial charge in [-0.3, -0.25) is 0 Å². The van der Waals surface area contributed by atoms with Crippen LogP contribution in [0.25, 0.3) is 22.3 Å². The van der Waals surface area contributed by atoms with E-state index in [9.17, 15) is 4.39 Å². The molecule has 3 rings (SSSR count). The second-order valence-electron chi connectivity index (χ2n) is 7.10. The van der Waals surface area contributed by atoms with Gasteiger partial charge in [0.2, 0.25) is 0 Å². The van der Waals surface area contributed by atoms with Gasteiger partial charge in [-0.15, -0.1) is 0 Å². The molecule has 0 bridgehead atoms. The molecule has 0 aromatic heterocycles. The third-order valence-electron chi connectivity index (χ3n) is 4.79. The molecular formula is C25H27F. The Morgan fingerprint density at radius 2 is 1.23 bits per heavy atom. The van der Waals surface area contributed by atoms with E-state index >= 15 is 0 Å². The van der Waals surface area contributed by atoms with Crippen molar-refractivity contribution in [2.24, 2.45) is 0 Å². The van der Waals surface area contributed by atoms with Crippen LogP contribution in [0.2, 0.25) is 0 Å². The number of rotatable bonds is 6. The van der Waals surface area contributed by atoms with Gasteiger partial charge in [-0.25, -0.2) is 4.39 Å². The van der Waals surface area contributed by atoms with Gasteiger partial charge in [-0.05, 0) is 53.6 Å². The maximum atomic E-state index is 14.8. The van der Waals surface area contributed by atoms with Crippen LogP contribution >= 0.6 is 0 Å². The topological polar surface area (TPSA) is 0 Å². The Kier molecular flexibility index (Phi) is 5.88. The number of halogens is 1. The largest absolute Gasteiger partial charge is 0.206 e. The molecule has 3 aromatic rings. The Hall–Kier alpha value is -2.41. The van der Waals surface area contributed by atoms with Crippen LogP contribution in [0.4, 0.5) is 4.39 Å². The van der Waals surface area contributed by atoms with Crippen LogP contribution in [0.5, 0.6) is 0 Å². The third-order valence-corrected chi connectivity index (χ3v) is 4.79. The molecule has 0 unspecified atom stereocenters. The highest BCUT2D eigenvalue weighted by molar-refractivity contribution is 5.72. The van der Waals surface area contributed by atoms with E-state index in [1.54, 1.807) is 6.07 Å². The van der Waals surface area contributed by atoms with E-state index in [-0.39, 0.29) is 5.82 Å². The van der Waals surface area contributed by atoms with Gasteiger partial charge < -0.3 is 0 Å². The van der Waals surface area contributed by atoms with Crippen LogP contribution in [0, 0.1) is 12.7 Å². The van der Waals surface area contributed by atoms with Crippen molar-refractivity contribution in [3.8, 4) is 22.3 Å². The summed E-state index contributed by atoms with van der Waals surface area (Å²) in [6.07, 6.45) is 4.37. The zero-order valence-electron chi connectivity index (χ0n) is 16.0. The average molecular weight is 346 g/mol. The van der Waals surface area contributed by atoms with E-state index in [2.05, 4.69) is 32.0 Å². The van der Waals surface area contributed by atoms with Crippen LogP contribution in [0.15, 0.2) is 60.7 Å². The predicted molar refractivity (Wildman–Crippen MR) is 110 cm³/mol. The summed E-state index contributed by atoms with van der Waals surface area (Å²) in [5, 5.41) is 0. The van der Waals surface area contributed by atoms with E-state index in [4.69, 9.17) is 0 Å². The lowest BCUT2D eigenvalue weighted by atomic mass is 9.94. The monoisotopic (exact) mass is 346 g/mol. The molecule has 0 aliphatic heterocycles. The highest BCUT2D eigenvalue weighted by atomic mass is 19.1. The van der Waals surface area contributed by atoms with E-state index in [0.29, 0.717) is 5.56 Å². The first kappa shape index (κ1) is 18.4. The zero-order chi connectivity index (χ0) is 18.5. The second-order valence-corrected chi connectivity index (χ2v) is 7.10. The summed E-state index contributed by atoms with van der Waals surface area (Å²) in [5.41, 5.74) is 7.52. The van der Waals surface area contributed by atoms with Gasteiger partial charge in [-0.1, -0.05) is 86.8 Å². The Morgan fingerprint density at radius 1 is 0.654 bits per heavy atom. The van der Waals surface area contributed by atoms with Gasteiger partial charge in [0.25, 0.3) is 0 Å². The van der Waals surface area contributed by atoms with E-state index < -0.39 is 0 Å². The SMILES string of the molecule is CCCc1cc(CCC)cc(-c2ccc(-c3ccc(C)cc3)c(F)c2)c1. The fourth-order valence-corrected chi connectivity index (χ4v) is 3.46. The summed E-state index contributed by atoms with van der Waals surface area (Å²) in [4.78, 5) is 0. The zero-order valence-corrected chi connectivity index (χ0v) is 16.0. The average Bonchev–Trinajstić information content (AvgIpc) is 2.63. The lowest BCUT2D eigenvalue weighted by molar-refractivity contribution is 0.632. The molecule has 0 heterocycles. The van der Waals surface area contributed by atoms with Crippen molar-refractivity contribution in [3.63, 3.8) is 0 Å². The van der Waals surface area contributed by atoms with Crippen LogP contribution in [0.1, 0.15) is 43.4 Å². The molecule has 1 heteroatoms. The molecule has 0 spiro atoms. The van der Waals surface area contributed by atoms with Crippen molar-refractivity contribution in [2.75, 3.05) is 0 Å². The molecule has 134 valence electrons. The van der Waals surface area contributed by atoms with Gasteiger partial charge in [0.1, 0.15) is 5.82 Å². The summed E-state index contributed by atoms with van der Waals surface area (Å²) in [7, 11) is 0. The highest BCUT2D eigenvalue weighted by Crippen LogP contribution is 2.30. The molecule has 0 N–H and O–H groups in total. The lowest BCUT2D eigenvalue weighted by Crippen LogP contribution is -1.92. The number of hydrogen-bond acceptors (Lipinski definition) is 0. The van der Waals surface area contributed by atoms with Crippen molar-refractivity contribution >= 4 is 0 Å². The van der Waals surface area contributed by atoms with Crippen molar-refractivity contribution < 1.29 is 4.39 Å². The first-order valence-electron chi connectivity index (χ1n) is 9.60. The van der Waals surface area contributed by atoms with Gasteiger partial charge in [-0.2, -0.15) is 0 Å². The fourth-order valence-electron chi connectivity index (χ4n) is 3.46. The van der Waals surface area contributed by atoms with Crippen LogP contribution < -0.4 is 0 Å². The summed E-state index contributed by atoms with van der Waals surface area (Å²) < 4.78 is 14.8. The van der Waals surface area contributed by atoms with Crippen molar-refractivity contribution in [3.05, 3.63) is 83.2 Å². The maximum absolute atomic E-state index is 14.8. The molecule has 0 saturated carbocycles. The second kappa shape index (κ2) is 8.31. The van der Waals surface area contributed by atoms with Gasteiger partial charge >= 0.3 is 0 Å². The van der Waals surface area contributed by atoms with Crippen LogP contribution in [-0.2, 0) is 12.8 Å². The van der Waals surface area contributed by atoms with Crippen molar-refractivity contribution in [1.82, 2.24) is 0 Å². The normalized spacial score (nSPS) is 10.9. The Labute approximate surface area is 156 Å². The Morgan fingerprint density at radius 3 is 1.77 bits per heavy atom. The molecule has 0 amide bonds. The van der Waals surface area contributed by atoms with E-state index in [1.807, 2.05) is 43.3 Å². The number of aryl methyl sites for hydroxylation is 3. The molecule has 0 atom stereocenters. The standard InChI is InChI=1S/C25H27F/c1-4-6-19-14-20(7-5-2)16-23(15-19)22-12-13-24(25(26)17-22)21-10-8-18(3)9-11-21/h8-17H,4-7H2,1-3H3. The van der Waals surface area contributed by atoms with E-state index in [1.165, 1.54) is 16.7 Å². The molecule has 26 heavy (non-hydrogen) atoms. The molecule has 3 aromatic carbocycles. The molecule has 0 aliphatic carbocycles. The quantitative estimate of drug-likeness (QED) is 0.437. The van der Waals surface area contributed by atoms with Crippen LogP contribution in [-0.4, -0.2) is 0 Å². The smallest absolute Gasteiger partial charge is 0.131 e. The number of benzene rings is 3. The minimum atomic E-state index is -0.163. The van der Waals surface area contributed by atoms with Crippen molar-refractivity contribution in [2.45, 2.75) is 46.5 Å². The Bertz CT molecular complexity index is 851. The lowest BCUT2D eigenvalue weighted by Gasteiger charge is -2.11. The van der Waals surface area contributed by atoms with Gasteiger partial charge in [0, 0.05) is 5.56 Å². The predicted octanol–water partition coefficient (Wildman–Crippen LogP) is 7.37.